The van der Waals surface area contributed by atoms with Crippen LogP contribution in [0.3, 0.4) is 0 Å². The van der Waals surface area contributed by atoms with Gasteiger partial charge in [0.15, 0.2) is 6.29 Å². The lowest BCUT2D eigenvalue weighted by Crippen LogP contribution is -2.37. The fourth-order valence-electron chi connectivity index (χ4n) is 2.09. The second-order valence-corrected chi connectivity index (χ2v) is 4.97. The third-order valence-electron chi connectivity index (χ3n) is 3.16. The fraction of sp³-hybridized carbons (Fsp3) is 0.438. The first-order valence-electron chi connectivity index (χ1n) is 7.92. The van der Waals surface area contributed by atoms with E-state index in [2.05, 4.69) is 20.9 Å². The average molecular weight is 333 g/mol. The molecule has 0 aliphatic rings. The topological polar surface area (TPSA) is 90.3 Å². The Bertz CT molecular complexity index is 595. The van der Waals surface area contributed by atoms with Gasteiger partial charge in [-0.1, -0.05) is 17.3 Å². The van der Waals surface area contributed by atoms with Crippen LogP contribution in [0.15, 0.2) is 36.7 Å². The lowest BCUT2D eigenvalue weighted by atomic mass is 10.2. The molecule has 1 aromatic carbocycles. The zero-order chi connectivity index (χ0) is 17.2. The highest BCUT2D eigenvalue weighted by Crippen LogP contribution is 2.10. The molecule has 1 aromatic heterocycles. The number of amides is 2. The molecule has 130 valence electrons. The molecule has 0 aliphatic carbocycles. The number of ether oxygens (including phenoxy) is 2. The lowest BCUT2D eigenvalue weighted by Gasteiger charge is -2.17. The summed E-state index contributed by atoms with van der Waals surface area (Å²) in [6, 6.07) is 7.24. The quantitative estimate of drug-likeness (QED) is 0.684. The van der Waals surface area contributed by atoms with Gasteiger partial charge in [-0.2, -0.15) is 0 Å². The van der Waals surface area contributed by atoms with Gasteiger partial charge < -0.3 is 20.1 Å². The summed E-state index contributed by atoms with van der Waals surface area (Å²) in [4.78, 5) is 11.9. The van der Waals surface area contributed by atoms with Crippen molar-refractivity contribution < 1.29 is 14.3 Å². The van der Waals surface area contributed by atoms with Gasteiger partial charge in [0.1, 0.15) is 0 Å². The van der Waals surface area contributed by atoms with Crippen molar-refractivity contribution in [3.63, 3.8) is 0 Å². The standard InChI is InChI=1S/C16H23N5O3/c1-3-23-15(24-4-2)11-17-16(22)19-14-7-5-13(6-8-14)12-21-10-9-18-20-21/h5-10,15H,3-4,11-12H2,1-2H3,(H2,17,19,22). The number of benzene rings is 1. The Labute approximate surface area is 141 Å². The molecule has 0 bridgehead atoms. The molecular weight excluding hydrogens is 310 g/mol. The van der Waals surface area contributed by atoms with Crippen LogP contribution >= 0.6 is 0 Å². The number of aromatic nitrogens is 3. The van der Waals surface area contributed by atoms with Gasteiger partial charge in [0.05, 0.1) is 19.3 Å². The zero-order valence-corrected chi connectivity index (χ0v) is 13.9. The maximum atomic E-state index is 11.9. The monoisotopic (exact) mass is 333 g/mol. The average Bonchev–Trinajstić information content (AvgIpc) is 3.08. The predicted molar refractivity (Wildman–Crippen MR) is 89.6 cm³/mol. The minimum atomic E-state index is -0.434. The van der Waals surface area contributed by atoms with E-state index in [0.29, 0.717) is 25.4 Å². The van der Waals surface area contributed by atoms with Gasteiger partial charge in [-0.05, 0) is 31.5 Å². The third kappa shape index (κ3) is 5.98. The molecule has 0 radical (unpaired) electrons. The van der Waals surface area contributed by atoms with Crippen molar-refractivity contribution >= 4 is 11.7 Å². The smallest absolute Gasteiger partial charge is 0.319 e. The van der Waals surface area contributed by atoms with Crippen molar-refractivity contribution in [2.45, 2.75) is 26.7 Å². The van der Waals surface area contributed by atoms with E-state index in [4.69, 9.17) is 9.47 Å². The van der Waals surface area contributed by atoms with Crippen LogP contribution in [0.5, 0.6) is 0 Å². The Balaban J connectivity index is 1.78. The highest BCUT2D eigenvalue weighted by atomic mass is 16.7. The fourth-order valence-corrected chi connectivity index (χ4v) is 2.09. The van der Waals surface area contributed by atoms with Crippen molar-refractivity contribution in [2.75, 3.05) is 25.1 Å². The Hall–Kier alpha value is -2.45. The largest absolute Gasteiger partial charge is 0.351 e. The summed E-state index contributed by atoms with van der Waals surface area (Å²) in [5, 5.41) is 13.2. The summed E-state index contributed by atoms with van der Waals surface area (Å²) in [5.41, 5.74) is 1.78. The molecule has 0 fully saturated rings. The minimum Gasteiger partial charge on any atom is -0.351 e. The van der Waals surface area contributed by atoms with E-state index in [-0.39, 0.29) is 12.6 Å². The summed E-state index contributed by atoms with van der Waals surface area (Å²) in [6.07, 6.45) is 3.00. The highest BCUT2D eigenvalue weighted by molar-refractivity contribution is 5.89. The molecule has 2 N–H and O–H groups in total. The van der Waals surface area contributed by atoms with Crippen LogP contribution in [0.1, 0.15) is 19.4 Å². The third-order valence-corrected chi connectivity index (χ3v) is 3.16. The van der Waals surface area contributed by atoms with Gasteiger partial charge in [-0.3, -0.25) is 0 Å². The summed E-state index contributed by atoms with van der Waals surface area (Å²) in [6.45, 7) is 5.75. The van der Waals surface area contributed by atoms with Gasteiger partial charge in [0, 0.05) is 25.1 Å². The SMILES string of the molecule is CCOC(CNC(=O)Nc1ccc(Cn2ccnn2)cc1)OCC. The number of carbonyl (C=O) groups excluding carboxylic acids is 1. The molecule has 2 amide bonds. The van der Waals surface area contributed by atoms with Crippen molar-refractivity contribution in [3.8, 4) is 0 Å². The molecule has 1 heterocycles. The molecule has 0 spiro atoms. The molecule has 0 atom stereocenters. The van der Waals surface area contributed by atoms with Gasteiger partial charge in [0.25, 0.3) is 0 Å². The van der Waals surface area contributed by atoms with E-state index in [1.807, 2.05) is 38.1 Å². The number of rotatable bonds is 9. The Morgan fingerprint density at radius 3 is 2.50 bits per heavy atom. The second-order valence-electron chi connectivity index (χ2n) is 4.97. The number of hydrogen-bond acceptors (Lipinski definition) is 5. The number of hydrogen-bond donors (Lipinski definition) is 2. The number of nitrogens with one attached hydrogen (secondary N) is 2. The van der Waals surface area contributed by atoms with Crippen molar-refractivity contribution in [1.82, 2.24) is 20.3 Å². The molecule has 2 rings (SSSR count). The van der Waals surface area contributed by atoms with Crippen LogP contribution in [-0.4, -0.2) is 47.1 Å². The number of urea groups is 1. The molecule has 0 saturated heterocycles. The Morgan fingerprint density at radius 1 is 1.21 bits per heavy atom. The summed E-state index contributed by atoms with van der Waals surface area (Å²) < 4.78 is 12.5. The van der Waals surface area contributed by atoms with E-state index in [1.165, 1.54) is 0 Å². The second kappa shape index (κ2) is 9.64. The van der Waals surface area contributed by atoms with E-state index in [0.717, 1.165) is 5.56 Å². The first-order chi connectivity index (χ1) is 11.7. The predicted octanol–water partition coefficient (Wildman–Crippen LogP) is 1.85. The van der Waals surface area contributed by atoms with Gasteiger partial charge in [-0.25, -0.2) is 9.48 Å². The van der Waals surface area contributed by atoms with Crippen LogP contribution in [0.4, 0.5) is 10.5 Å². The van der Waals surface area contributed by atoms with Crippen LogP contribution in [0.2, 0.25) is 0 Å². The van der Waals surface area contributed by atoms with Crippen molar-refractivity contribution in [3.05, 3.63) is 42.2 Å². The van der Waals surface area contributed by atoms with Crippen LogP contribution in [0.25, 0.3) is 0 Å². The van der Waals surface area contributed by atoms with Crippen molar-refractivity contribution in [2.24, 2.45) is 0 Å². The molecule has 2 aromatic rings. The normalized spacial score (nSPS) is 10.8. The van der Waals surface area contributed by atoms with Crippen molar-refractivity contribution in [1.29, 1.82) is 0 Å². The zero-order valence-electron chi connectivity index (χ0n) is 13.9. The van der Waals surface area contributed by atoms with E-state index < -0.39 is 6.29 Å². The summed E-state index contributed by atoms with van der Waals surface area (Å²) in [7, 11) is 0. The molecule has 8 heteroatoms. The lowest BCUT2D eigenvalue weighted by molar-refractivity contribution is -0.131. The molecule has 24 heavy (non-hydrogen) atoms. The first-order valence-corrected chi connectivity index (χ1v) is 7.92. The maximum absolute atomic E-state index is 11.9. The van der Waals surface area contributed by atoms with E-state index in [1.54, 1.807) is 17.1 Å². The molecule has 8 nitrogen and oxygen atoms in total. The highest BCUT2D eigenvalue weighted by Gasteiger charge is 2.10. The molecule has 0 unspecified atom stereocenters. The van der Waals surface area contributed by atoms with E-state index in [9.17, 15) is 4.79 Å². The summed E-state index contributed by atoms with van der Waals surface area (Å²) in [5.74, 6) is 0. The summed E-state index contributed by atoms with van der Waals surface area (Å²) >= 11 is 0. The Kier molecular flexibility index (Phi) is 7.19. The van der Waals surface area contributed by atoms with Crippen LogP contribution in [0, 0.1) is 0 Å². The van der Waals surface area contributed by atoms with E-state index >= 15 is 0 Å². The Morgan fingerprint density at radius 2 is 1.92 bits per heavy atom. The van der Waals surface area contributed by atoms with Gasteiger partial charge in [0.2, 0.25) is 0 Å². The minimum absolute atomic E-state index is 0.290. The number of nitrogens with zero attached hydrogens (tertiary/aromatic N) is 3. The van der Waals surface area contributed by atoms with Crippen LogP contribution < -0.4 is 10.6 Å². The van der Waals surface area contributed by atoms with Crippen LogP contribution in [-0.2, 0) is 16.0 Å². The molecular formula is C16H23N5O3. The molecule has 0 aliphatic heterocycles. The maximum Gasteiger partial charge on any atom is 0.319 e. The number of anilines is 1. The first kappa shape index (κ1) is 17.9. The van der Waals surface area contributed by atoms with Gasteiger partial charge in [-0.15, -0.1) is 5.10 Å². The number of carbonyl (C=O) groups is 1. The molecule has 0 saturated carbocycles. The van der Waals surface area contributed by atoms with Gasteiger partial charge >= 0.3 is 6.03 Å².